The molecule has 174 valence electrons. The zero-order chi connectivity index (χ0) is 22.8. The molecule has 3 aliphatic rings. The fourth-order valence-electron chi connectivity index (χ4n) is 4.04. The van der Waals surface area contributed by atoms with E-state index in [0.29, 0.717) is 30.7 Å². The van der Waals surface area contributed by atoms with Gasteiger partial charge in [0.1, 0.15) is 12.2 Å². The molecule has 11 nitrogen and oxygen atoms in total. The number of hydrogen-bond acceptors (Lipinski definition) is 10. The van der Waals surface area contributed by atoms with E-state index in [0.717, 1.165) is 23.0 Å². The minimum Gasteiger partial charge on any atom is -0.481 e. The Hall–Kier alpha value is -3.09. The van der Waals surface area contributed by atoms with Crippen LogP contribution in [0.2, 0.25) is 0 Å². The standard InChI is InChI=1S/C21H22N4O7S/c26-17(8-33-9-18(27)28)23-13-6-29-20-14(7-30-19(13)20)25-21-22-4-3-12(24-21)11-1-2-15-16(5-11)32-10-31-15/h1-5,13-14,19-20H,6-10H2,(H,23,26)(H,27,28)(H,22,24,25)/t13-,14+,19-,20+/m0/s1. The molecule has 2 aromatic rings. The Balaban J connectivity index is 1.19. The van der Waals surface area contributed by atoms with Crippen LogP contribution in [0.1, 0.15) is 0 Å². The number of carboxylic acids is 1. The Bertz CT molecular complexity index is 1060. The highest BCUT2D eigenvalue weighted by Gasteiger charge is 2.48. The average molecular weight is 474 g/mol. The van der Waals surface area contributed by atoms with Crippen LogP contribution < -0.4 is 20.1 Å². The molecule has 1 amide bonds. The molecule has 12 heteroatoms. The van der Waals surface area contributed by atoms with Crippen molar-refractivity contribution >= 4 is 29.6 Å². The maximum atomic E-state index is 12.1. The van der Waals surface area contributed by atoms with Gasteiger partial charge in [0.25, 0.3) is 0 Å². The summed E-state index contributed by atoms with van der Waals surface area (Å²) in [5.74, 6) is 0.601. The lowest BCUT2D eigenvalue weighted by atomic mass is 10.1. The summed E-state index contributed by atoms with van der Waals surface area (Å²) in [7, 11) is 0. The molecule has 0 spiro atoms. The number of ether oxygens (including phenoxy) is 4. The maximum absolute atomic E-state index is 12.1. The fourth-order valence-corrected chi connectivity index (χ4v) is 4.58. The topological polar surface area (TPSA) is 141 Å². The van der Waals surface area contributed by atoms with E-state index in [4.69, 9.17) is 24.1 Å². The largest absolute Gasteiger partial charge is 0.481 e. The lowest BCUT2D eigenvalue weighted by Gasteiger charge is -2.18. The molecule has 2 fully saturated rings. The first-order chi connectivity index (χ1) is 16.1. The highest BCUT2D eigenvalue weighted by atomic mass is 32.2. The summed E-state index contributed by atoms with van der Waals surface area (Å²) in [6.45, 7) is 0.913. The molecule has 0 saturated carbocycles. The van der Waals surface area contributed by atoms with Crippen LogP contribution in [0.3, 0.4) is 0 Å². The van der Waals surface area contributed by atoms with Crippen molar-refractivity contribution in [1.82, 2.24) is 15.3 Å². The first kappa shape index (κ1) is 21.7. The zero-order valence-electron chi connectivity index (χ0n) is 17.4. The van der Waals surface area contributed by atoms with Crippen LogP contribution in [0, 0.1) is 0 Å². The number of amides is 1. The van der Waals surface area contributed by atoms with Crippen molar-refractivity contribution in [1.29, 1.82) is 0 Å². The third kappa shape index (κ3) is 4.82. The summed E-state index contributed by atoms with van der Waals surface area (Å²) in [5, 5.41) is 14.8. The van der Waals surface area contributed by atoms with Crippen molar-refractivity contribution in [3.63, 3.8) is 0 Å². The van der Waals surface area contributed by atoms with Crippen molar-refractivity contribution in [3.05, 3.63) is 30.5 Å². The molecule has 2 saturated heterocycles. The molecule has 0 aliphatic carbocycles. The summed E-state index contributed by atoms with van der Waals surface area (Å²) in [6, 6.07) is 6.99. The van der Waals surface area contributed by atoms with Crippen LogP contribution in [-0.2, 0) is 19.1 Å². The number of nitrogens with zero attached hydrogens (tertiary/aromatic N) is 2. The Morgan fingerprint density at radius 3 is 2.70 bits per heavy atom. The van der Waals surface area contributed by atoms with Crippen LogP contribution in [-0.4, -0.2) is 82.8 Å². The smallest absolute Gasteiger partial charge is 0.313 e. The van der Waals surface area contributed by atoms with E-state index >= 15 is 0 Å². The summed E-state index contributed by atoms with van der Waals surface area (Å²) in [4.78, 5) is 31.6. The molecule has 1 aromatic heterocycles. The van der Waals surface area contributed by atoms with Gasteiger partial charge >= 0.3 is 5.97 Å². The predicted octanol–water partition coefficient (Wildman–Crippen LogP) is 0.753. The Morgan fingerprint density at radius 1 is 1.06 bits per heavy atom. The lowest BCUT2D eigenvalue weighted by molar-refractivity contribution is -0.133. The predicted molar refractivity (Wildman–Crippen MR) is 117 cm³/mol. The van der Waals surface area contributed by atoms with E-state index in [1.54, 1.807) is 6.20 Å². The van der Waals surface area contributed by atoms with E-state index in [-0.39, 0.29) is 48.5 Å². The van der Waals surface area contributed by atoms with Crippen LogP contribution in [0.25, 0.3) is 11.3 Å². The van der Waals surface area contributed by atoms with E-state index < -0.39 is 5.97 Å². The van der Waals surface area contributed by atoms with Crippen LogP contribution in [0.15, 0.2) is 30.5 Å². The fraction of sp³-hybridized carbons (Fsp3) is 0.429. The van der Waals surface area contributed by atoms with E-state index in [2.05, 4.69) is 20.6 Å². The third-order valence-corrected chi connectivity index (χ3v) is 6.41. The molecule has 4 atom stereocenters. The molecule has 33 heavy (non-hydrogen) atoms. The van der Waals surface area contributed by atoms with Gasteiger partial charge in [-0.15, -0.1) is 11.8 Å². The average Bonchev–Trinajstić information content (AvgIpc) is 3.52. The number of carbonyl (C=O) groups is 2. The van der Waals surface area contributed by atoms with Crippen molar-refractivity contribution in [3.8, 4) is 22.8 Å². The second-order valence-electron chi connectivity index (χ2n) is 7.74. The Kier molecular flexibility index (Phi) is 6.20. The number of aromatic nitrogens is 2. The second kappa shape index (κ2) is 9.41. The van der Waals surface area contributed by atoms with Gasteiger partial charge in [0.2, 0.25) is 18.6 Å². The molecule has 3 N–H and O–H groups in total. The van der Waals surface area contributed by atoms with Gasteiger partial charge in [-0.2, -0.15) is 0 Å². The Morgan fingerprint density at radius 2 is 1.85 bits per heavy atom. The Labute approximate surface area is 193 Å². The SMILES string of the molecule is O=C(O)CSCC(=O)N[C@H]1CO[C@H]2[C@H]1OC[C@H]2Nc1nccc(-c2ccc3c(c2)OCO3)n1. The molecule has 3 aliphatic heterocycles. The van der Waals surface area contributed by atoms with Gasteiger partial charge in [-0.05, 0) is 24.3 Å². The van der Waals surface area contributed by atoms with Crippen LogP contribution >= 0.6 is 11.8 Å². The highest BCUT2D eigenvalue weighted by molar-refractivity contribution is 8.00. The number of nitrogens with one attached hydrogen (secondary N) is 2. The van der Waals surface area contributed by atoms with Gasteiger partial charge in [-0.25, -0.2) is 9.97 Å². The van der Waals surface area contributed by atoms with Gasteiger partial charge in [-0.3, -0.25) is 9.59 Å². The van der Waals surface area contributed by atoms with Crippen LogP contribution in [0.4, 0.5) is 5.95 Å². The van der Waals surface area contributed by atoms with E-state index in [1.807, 2.05) is 24.3 Å². The number of rotatable bonds is 8. The molecular weight excluding hydrogens is 452 g/mol. The minimum absolute atomic E-state index is 0.0718. The summed E-state index contributed by atoms with van der Waals surface area (Å²) in [6.07, 6.45) is 1.11. The maximum Gasteiger partial charge on any atom is 0.313 e. The van der Waals surface area contributed by atoms with Gasteiger partial charge in [0.15, 0.2) is 11.5 Å². The number of benzene rings is 1. The number of anilines is 1. The highest BCUT2D eigenvalue weighted by Crippen LogP contribution is 2.35. The number of carbonyl (C=O) groups excluding carboxylic acids is 1. The summed E-state index contributed by atoms with van der Waals surface area (Å²) in [5.41, 5.74) is 1.61. The van der Waals surface area contributed by atoms with Crippen molar-refractivity contribution in [2.75, 3.05) is 36.8 Å². The van der Waals surface area contributed by atoms with Gasteiger partial charge in [0, 0.05) is 11.8 Å². The van der Waals surface area contributed by atoms with Crippen molar-refractivity contribution in [2.45, 2.75) is 24.3 Å². The number of thioether (sulfide) groups is 1. The number of carboxylic acid groups (broad SMARTS) is 1. The molecule has 4 heterocycles. The monoisotopic (exact) mass is 474 g/mol. The van der Waals surface area contributed by atoms with Gasteiger partial charge in [-0.1, -0.05) is 0 Å². The number of hydrogen-bond donors (Lipinski definition) is 3. The molecular formula is C21H22N4O7S. The normalized spacial score (nSPS) is 25.0. The van der Waals surface area contributed by atoms with Crippen molar-refractivity contribution < 1.29 is 33.6 Å². The van der Waals surface area contributed by atoms with E-state index in [9.17, 15) is 9.59 Å². The van der Waals surface area contributed by atoms with Crippen molar-refractivity contribution in [2.24, 2.45) is 0 Å². The van der Waals surface area contributed by atoms with Gasteiger partial charge in [0.05, 0.1) is 42.5 Å². The van der Waals surface area contributed by atoms with Crippen LogP contribution in [0.5, 0.6) is 11.5 Å². The minimum atomic E-state index is -0.949. The number of fused-ring (bicyclic) bond motifs is 2. The molecule has 0 radical (unpaired) electrons. The van der Waals surface area contributed by atoms with E-state index in [1.165, 1.54) is 0 Å². The summed E-state index contributed by atoms with van der Waals surface area (Å²) >= 11 is 1.05. The second-order valence-corrected chi connectivity index (χ2v) is 8.73. The first-order valence-electron chi connectivity index (χ1n) is 10.4. The van der Waals surface area contributed by atoms with Gasteiger partial charge < -0.3 is 34.7 Å². The third-order valence-electron chi connectivity index (χ3n) is 5.50. The zero-order valence-corrected chi connectivity index (χ0v) is 18.2. The molecule has 1 aromatic carbocycles. The summed E-state index contributed by atoms with van der Waals surface area (Å²) < 4.78 is 22.6. The molecule has 5 rings (SSSR count). The molecule has 0 unspecified atom stereocenters. The number of aliphatic carboxylic acids is 1. The lowest BCUT2D eigenvalue weighted by Crippen LogP contribution is -2.45. The first-order valence-corrected chi connectivity index (χ1v) is 11.5. The quantitative estimate of drug-likeness (QED) is 0.499. The molecule has 0 bridgehead atoms.